The molecule has 1 aromatic heterocycles. The lowest BCUT2D eigenvalue weighted by atomic mass is 10.2. The van der Waals surface area contributed by atoms with Gasteiger partial charge in [-0.05, 0) is 38.1 Å². The molecule has 0 saturated carbocycles. The lowest BCUT2D eigenvalue weighted by molar-refractivity contribution is -0.141. The molecule has 1 N–H and O–H groups in total. The van der Waals surface area contributed by atoms with Crippen LogP contribution in [0.15, 0.2) is 28.8 Å². The van der Waals surface area contributed by atoms with E-state index in [9.17, 15) is 14.4 Å². The minimum absolute atomic E-state index is 0.264. The molecular formula is C18H20N2O7. The summed E-state index contributed by atoms with van der Waals surface area (Å²) in [5.74, 6) is -0.615. The predicted molar refractivity (Wildman–Crippen MR) is 92.1 cm³/mol. The van der Waals surface area contributed by atoms with Crippen molar-refractivity contribution in [2.75, 3.05) is 20.3 Å². The van der Waals surface area contributed by atoms with Gasteiger partial charge in [-0.25, -0.2) is 4.79 Å². The van der Waals surface area contributed by atoms with Gasteiger partial charge in [0.05, 0.1) is 23.9 Å². The van der Waals surface area contributed by atoms with Crippen molar-refractivity contribution in [1.29, 1.82) is 0 Å². The Hall–Kier alpha value is -3.36. The van der Waals surface area contributed by atoms with Crippen LogP contribution in [0.25, 0.3) is 0 Å². The monoisotopic (exact) mass is 376 g/mol. The van der Waals surface area contributed by atoms with Crippen LogP contribution in [0.1, 0.15) is 27.4 Å². The number of hydrogen-bond donors (Lipinski definition) is 1. The zero-order valence-corrected chi connectivity index (χ0v) is 15.2. The third-order valence-corrected chi connectivity index (χ3v) is 3.65. The van der Waals surface area contributed by atoms with E-state index in [2.05, 4.69) is 15.2 Å². The first kappa shape index (κ1) is 20.0. The fourth-order valence-electron chi connectivity index (χ4n) is 2.06. The number of benzene rings is 1. The number of nitrogens with zero attached hydrogens (tertiary/aromatic N) is 1. The normalized spacial score (nSPS) is 10.2. The first-order chi connectivity index (χ1) is 12.9. The highest BCUT2D eigenvalue weighted by atomic mass is 16.5. The topological polar surface area (TPSA) is 117 Å². The molecule has 0 saturated heterocycles. The molecule has 2 aromatic rings. The van der Waals surface area contributed by atoms with Crippen LogP contribution in [-0.4, -0.2) is 43.3 Å². The summed E-state index contributed by atoms with van der Waals surface area (Å²) in [6.45, 7) is 3.14. The number of methoxy groups -OCH3 is 1. The average molecular weight is 376 g/mol. The van der Waals surface area contributed by atoms with Crippen LogP contribution in [0.2, 0.25) is 0 Å². The molecule has 0 atom stereocenters. The van der Waals surface area contributed by atoms with Crippen molar-refractivity contribution < 1.29 is 33.1 Å². The molecule has 0 aliphatic carbocycles. The van der Waals surface area contributed by atoms with Gasteiger partial charge in [-0.15, -0.1) is 0 Å². The van der Waals surface area contributed by atoms with Crippen molar-refractivity contribution in [3.05, 3.63) is 46.8 Å². The highest BCUT2D eigenvalue weighted by molar-refractivity contribution is 5.91. The highest BCUT2D eigenvalue weighted by Gasteiger charge is 2.12. The van der Waals surface area contributed by atoms with E-state index in [1.807, 2.05) is 6.92 Å². The van der Waals surface area contributed by atoms with E-state index in [4.69, 9.17) is 14.0 Å². The molecule has 0 aliphatic rings. The maximum Gasteiger partial charge on any atom is 0.338 e. The van der Waals surface area contributed by atoms with Gasteiger partial charge in [0.15, 0.2) is 6.61 Å². The molecule has 0 unspecified atom stereocenters. The Morgan fingerprint density at radius 2 is 1.85 bits per heavy atom. The summed E-state index contributed by atoms with van der Waals surface area (Å²) in [5.41, 5.74) is 1.90. The number of rotatable bonds is 8. The molecule has 27 heavy (non-hydrogen) atoms. The fraction of sp³-hybridized carbons (Fsp3) is 0.333. The molecule has 1 amide bonds. The number of hydrogen-bond acceptors (Lipinski definition) is 8. The van der Waals surface area contributed by atoms with Gasteiger partial charge in [-0.1, -0.05) is 5.16 Å². The average Bonchev–Trinajstić information content (AvgIpc) is 3.00. The van der Waals surface area contributed by atoms with Crippen LogP contribution in [0.3, 0.4) is 0 Å². The van der Waals surface area contributed by atoms with E-state index in [0.29, 0.717) is 18.1 Å². The molecule has 2 rings (SSSR count). The van der Waals surface area contributed by atoms with Gasteiger partial charge < -0.3 is 24.1 Å². The number of amides is 1. The number of ether oxygens (including phenoxy) is 3. The summed E-state index contributed by atoms with van der Waals surface area (Å²) in [4.78, 5) is 34.3. The van der Waals surface area contributed by atoms with Gasteiger partial charge >= 0.3 is 11.9 Å². The number of carbonyl (C=O) groups is 3. The first-order valence-corrected chi connectivity index (χ1v) is 8.06. The van der Waals surface area contributed by atoms with Crippen LogP contribution in [0.5, 0.6) is 5.75 Å². The van der Waals surface area contributed by atoms with Gasteiger partial charge in [-0.2, -0.15) is 0 Å². The quantitative estimate of drug-likeness (QED) is 0.686. The van der Waals surface area contributed by atoms with Crippen molar-refractivity contribution in [1.82, 2.24) is 10.5 Å². The number of aryl methyl sites for hydroxylation is 2. The number of carbonyl (C=O) groups excluding carboxylic acids is 3. The Balaban J connectivity index is 1.81. The number of nitrogens with one attached hydrogen (secondary N) is 1. The Kier molecular flexibility index (Phi) is 6.93. The molecule has 9 nitrogen and oxygen atoms in total. The third-order valence-electron chi connectivity index (χ3n) is 3.65. The largest absolute Gasteiger partial charge is 0.489 e. The minimum Gasteiger partial charge on any atom is -0.489 e. The van der Waals surface area contributed by atoms with Crippen LogP contribution in [0.4, 0.5) is 0 Å². The van der Waals surface area contributed by atoms with Crippen molar-refractivity contribution in [3.8, 4) is 5.75 Å². The molecule has 0 bridgehead atoms. The van der Waals surface area contributed by atoms with E-state index in [1.165, 1.54) is 19.2 Å². The van der Waals surface area contributed by atoms with Crippen LogP contribution >= 0.6 is 0 Å². The smallest absolute Gasteiger partial charge is 0.338 e. The van der Waals surface area contributed by atoms with E-state index in [0.717, 1.165) is 11.3 Å². The maximum atomic E-state index is 11.9. The molecule has 0 spiro atoms. The fourth-order valence-corrected chi connectivity index (χ4v) is 2.06. The molecular weight excluding hydrogens is 356 g/mol. The van der Waals surface area contributed by atoms with Crippen molar-refractivity contribution in [2.24, 2.45) is 0 Å². The van der Waals surface area contributed by atoms with Crippen molar-refractivity contribution >= 4 is 17.8 Å². The van der Waals surface area contributed by atoms with Crippen molar-refractivity contribution in [3.63, 3.8) is 0 Å². The standard InChI is InChI=1S/C18H20N2O7/c1-11-15(12(2)27-20-11)9-25-14-6-4-13(5-7-14)18(23)26-10-16(21)19-8-17(22)24-3/h4-7H,8-10H2,1-3H3,(H,19,21). The molecule has 9 heteroatoms. The lowest BCUT2D eigenvalue weighted by Crippen LogP contribution is -2.33. The van der Waals surface area contributed by atoms with Gasteiger partial charge in [-0.3, -0.25) is 9.59 Å². The zero-order chi connectivity index (χ0) is 19.8. The molecule has 144 valence electrons. The second-order valence-electron chi connectivity index (χ2n) is 5.54. The highest BCUT2D eigenvalue weighted by Crippen LogP contribution is 2.18. The van der Waals surface area contributed by atoms with Crippen LogP contribution < -0.4 is 10.1 Å². The second kappa shape index (κ2) is 9.37. The summed E-state index contributed by atoms with van der Waals surface area (Å²) in [6, 6.07) is 6.28. The van der Waals surface area contributed by atoms with Gasteiger partial charge in [0, 0.05) is 0 Å². The van der Waals surface area contributed by atoms with E-state index in [-0.39, 0.29) is 12.1 Å². The van der Waals surface area contributed by atoms with Crippen LogP contribution in [0, 0.1) is 13.8 Å². The first-order valence-electron chi connectivity index (χ1n) is 8.06. The molecule has 1 aromatic carbocycles. The lowest BCUT2D eigenvalue weighted by Gasteiger charge is -2.08. The minimum atomic E-state index is -0.666. The molecule has 1 heterocycles. The Labute approximate surface area is 155 Å². The van der Waals surface area contributed by atoms with Gasteiger partial charge in [0.1, 0.15) is 24.7 Å². The molecule has 0 aliphatic heterocycles. The summed E-state index contributed by atoms with van der Waals surface area (Å²) in [5, 5.41) is 6.12. The Bertz CT molecular complexity index is 792. The Morgan fingerprint density at radius 3 is 2.44 bits per heavy atom. The van der Waals surface area contributed by atoms with Crippen LogP contribution in [-0.2, 0) is 25.7 Å². The SMILES string of the molecule is COC(=O)CNC(=O)COC(=O)c1ccc(OCc2c(C)noc2C)cc1. The Morgan fingerprint density at radius 1 is 1.15 bits per heavy atom. The van der Waals surface area contributed by atoms with Crippen molar-refractivity contribution in [2.45, 2.75) is 20.5 Å². The summed E-state index contributed by atoms with van der Waals surface area (Å²) in [6.07, 6.45) is 0. The predicted octanol–water partition coefficient (Wildman–Crippen LogP) is 1.32. The zero-order valence-electron chi connectivity index (χ0n) is 15.2. The van der Waals surface area contributed by atoms with Gasteiger partial charge in [0.25, 0.3) is 5.91 Å². The second-order valence-corrected chi connectivity index (χ2v) is 5.54. The van der Waals surface area contributed by atoms with E-state index in [1.54, 1.807) is 19.1 Å². The van der Waals surface area contributed by atoms with E-state index >= 15 is 0 Å². The summed E-state index contributed by atoms with van der Waals surface area (Å²) >= 11 is 0. The van der Waals surface area contributed by atoms with E-state index < -0.39 is 24.5 Å². The molecule has 0 radical (unpaired) electrons. The number of aromatic nitrogens is 1. The molecule has 0 fully saturated rings. The summed E-state index contributed by atoms with van der Waals surface area (Å²) < 4.78 is 20.0. The van der Waals surface area contributed by atoms with Gasteiger partial charge in [0.2, 0.25) is 0 Å². The third kappa shape index (κ3) is 5.84. The maximum absolute atomic E-state index is 11.9. The number of esters is 2. The summed E-state index contributed by atoms with van der Waals surface area (Å²) in [7, 11) is 1.20.